The number of carbonyl (C=O) groups excluding carboxylic acids is 1. The van der Waals surface area contributed by atoms with E-state index in [0.29, 0.717) is 17.8 Å². The molecule has 2 amide bonds. The highest BCUT2D eigenvalue weighted by atomic mass is 16.4. The molecule has 6 nitrogen and oxygen atoms in total. The number of aliphatic carboxylic acids is 1. The maximum absolute atomic E-state index is 11.6. The van der Waals surface area contributed by atoms with Crippen molar-refractivity contribution in [3.05, 3.63) is 36.7 Å². The molecule has 0 saturated carbocycles. The second-order valence-electron chi connectivity index (χ2n) is 4.13. The molecule has 3 N–H and O–H groups in total. The van der Waals surface area contributed by atoms with Gasteiger partial charge in [-0.1, -0.05) is 6.08 Å². The van der Waals surface area contributed by atoms with Gasteiger partial charge in [0.15, 0.2) is 0 Å². The highest BCUT2D eigenvalue weighted by Crippen LogP contribution is 2.06. The number of aromatic nitrogens is 1. The Morgan fingerprint density at radius 1 is 1.53 bits per heavy atom. The molecule has 1 heterocycles. The largest absolute Gasteiger partial charge is 0.481 e. The Balaban J connectivity index is 2.50. The summed E-state index contributed by atoms with van der Waals surface area (Å²) < 4.78 is 0. The Kier molecular flexibility index (Phi) is 5.53. The zero-order chi connectivity index (χ0) is 14.3. The minimum Gasteiger partial charge on any atom is -0.481 e. The van der Waals surface area contributed by atoms with Crippen LogP contribution in [0.5, 0.6) is 0 Å². The predicted molar refractivity (Wildman–Crippen MR) is 72.0 cm³/mol. The number of carbonyl (C=O) groups is 2. The summed E-state index contributed by atoms with van der Waals surface area (Å²) >= 11 is 0. The second-order valence-corrected chi connectivity index (χ2v) is 4.13. The molecule has 19 heavy (non-hydrogen) atoms. The van der Waals surface area contributed by atoms with Crippen molar-refractivity contribution in [2.24, 2.45) is 0 Å². The smallest absolute Gasteiger partial charge is 0.319 e. The van der Waals surface area contributed by atoms with E-state index in [-0.39, 0.29) is 18.5 Å². The first-order valence-corrected chi connectivity index (χ1v) is 5.86. The first-order chi connectivity index (χ1) is 9.01. The van der Waals surface area contributed by atoms with E-state index in [9.17, 15) is 9.59 Å². The van der Waals surface area contributed by atoms with Gasteiger partial charge in [-0.05, 0) is 25.5 Å². The van der Waals surface area contributed by atoms with Gasteiger partial charge < -0.3 is 15.7 Å². The van der Waals surface area contributed by atoms with Gasteiger partial charge in [-0.3, -0.25) is 9.78 Å². The fourth-order valence-electron chi connectivity index (χ4n) is 1.46. The lowest BCUT2D eigenvalue weighted by Crippen LogP contribution is -2.35. The van der Waals surface area contributed by atoms with Crippen molar-refractivity contribution < 1.29 is 14.7 Å². The van der Waals surface area contributed by atoms with Crippen LogP contribution in [0.4, 0.5) is 10.5 Å². The van der Waals surface area contributed by atoms with Crippen LogP contribution in [0.15, 0.2) is 31.0 Å². The number of hydrogen-bond donors (Lipinski definition) is 3. The van der Waals surface area contributed by atoms with Crippen LogP contribution in [0, 0.1) is 0 Å². The molecular formula is C13H17N3O3. The Labute approximate surface area is 111 Å². The van der Waals surface area contributed by atoms with Crippen molar-refractivity contribution in [1.82, 2.24) is 10.3 Å². The van der Waals surface area contributed by atoms with E-state index in [1.165, 1.54) is 6.20 Å². The van der Waals surface area contributed by atoms with E-state index in [0.717, 1.165) is 0 Å². The summed E-state index contributed by atoms with van der Waals surface area (Å²) in [5, 5.41) is 14.0. The molecule has 1 aromatic rings. The van der Waals surface area contributed by atoms with Crippen LogP contribution < -0.4 is 10.6 Å². The van der Waals surface area contributed by atoms with Crippen LogP contribution >= 0.6 is 0 Å². The van der Waals surface area contributed by atoms with Gasteiger partial charge in [-0.25, -0.2) is 4.79 Å². The predicted octanol–water partition coefficient (Wildman–Crippen LogP) is 1.79. The van der Waals surface area contributed by atoms with E-state index < -0.39 is 5.97 Å². The van der Waals surface area contributed by atoms with Gasteiger partial charge in [0, 0.05) is 6.04 Å². The third kappa shape index (κ3) is 5.67. The summed E-state index contributed by atoms with van der Waals surface area (Å²) in [6.45, 7) is 5.47. The van der Waals surface area contributed by atoms with Crippen LogP contribution in [0.25, 0.3) is 0 Å². The topological polar surface area (TPSA) is 91.3 Å². The van der Waals surface area contributed by atoms with E-state index in [1.807, 2.05) is 6.92 Å². The fraction of sp³-hybridized carbons (Fsp3) is 0.308. The van der Waals surface area contributed by atoms with Crippen molar-refractivity contribution in [2.75, 3.05) is 5.32 Å². The number of hydrogen-bond acceptors (Lipinski definition) is 3. The molecule has 1 rings (SSSR count). The first kappa shape index (κ1) is 14.7. The Hall–Kier alpha value is -2.37. The molecule has 1 atom stereocenters. The average Bonchev–Trinajstić information content (AvgIpc) is 2.31. The van der Waals surface area contributed by atoms with Gasteiger partial charge in [0.25, 0.3) is 0 Å². The number of nitrogens with one attached hydrogen (secondary N) is 2. The molecule has 1 aromatic heterocycles. The highest BCUT2D eigenvalue weighted by molar-refractivity contribution is 5.89. The van der Waals surface area contributed by atoms with Gasteiger partial charge in [-0.15, -0.1) is 6.58 Å². The average molecular weight is 263 g/mol. The first-order valence-electron chi connectivity index (χ1n) is 5.86. The van der Waals surface area contributed by atoms with Gasteiger partial charge in [-0.2, -0.15) is 0 Å². The van der Waals surface area contributed by atoms with Crippen LogP contribution in [0.3, 0.4) is 0 Å². The molecule has 102 valence electrons. The minimum absolute atomic E-state index is 0.00302. The third-order valence-corrected chi connectivity index (χ3v) is 2.31. The molecule has 0 fully saturated rings. The molecule has 6 heteroatoms. The van der Waals surface area contributed by atoms with Crippen LogP contribution in [-0.2, 0) is 11.2 Å². The number of carboxylic acid groups (broad SMARTS) is 1. The number of anilines is 1. The Morgan fingerprint density at radius 3 is 2.79 bits per heavy atom. The molecule has 0 aliphatic heterocycles. The van der Waals surface area contributed by atoms with Gasteiger partial charge >= 0.3 is 12.0 Å². The van der Waals surface area contributed by atoms with Gasteiger partial charge in [0.1, 0.15) is 0 Å². The lowest BCUT2D eigenvalue weighted by atomic mass is 10.2. The minimum atomic E-state index is -0.941. The normalized spacial score (nSPS) is 11.4. The zero-order valence-electron chi connectivity index (χ0n) is 10.7. The van der Waals surface area contributed by atoms with Gasteiger partial charge in [0.05, 0.1) is 24.0 Å². The lowest BCUT2D eigenvalue weighted by Gasteiger charge is -2.12. The number of rotatable bonds is 6. The lowest BCUT2D eigenvalue weighted by molar-refractivity contribution is -0.136. The Morgan fingerprint density at radius 2 is 2.26 bits per heavy atom. The molecule has 0 bridgehead atoms. The number of carboxylic acids is 1. The summed E-state index contributed by atoms with van der Waals surface area (Å²) in [6, 6.07) is 2.85. The molecular weight excluding hydrogens is 246 g/mol. The number of urea groups is 1. The van der Waals surface area contributed by atoms with Crippen molar-refractivity contribution in [3.63, 3.8) is 0 Å². The molecule has 0 aliphatic carbocycles. The maximum Gasteiger partial charge on any atom is 0.319 e. The monoisotopic (exact) mass is 263 g/mol. The second kappa shape index (κ2) is 7.15. The summed E-state index contributed by atoms with van der Waals surface area (Å²) in [7, 11) is 0. The molecule has 0 radical (unpaired) electrons. The van der Waals surface area contributed by atoms with Crippen LogP contribution in [-0.4, -0.2) is 28.1 Å². The van der Waals surface area contributed by atoms with E-state index in [1.54, 1.807) is 18.2 Å². The summed E-state index contributed by atoms with van der Waals surface area (Å²) in [6.07, 6.45) is 3.70. The van der Waals surface area contributed by atoms with Crippen molar-refractivity contribution >= 4 is 17.7 Å². The number of nitrogens with zero attached hydrogens (tertiary/aromatic N) is 1. The van der Waals surface area contributed by atoms with Crippen LogP contribution in [0.1, 0.15) is 19.0 Å². The molecule has 0 aliphatic rings. The molecule has 0 saturated heterocycles. The standard InChI is InChI=1S/C13H17N3O3/c1-3-4-9(2)15-13(19)16-11-6-5-10(14-8-11)7-12(17)18/h3,5-6,8-9H,1,4,7H2,2H3,(H,17,18)(H2,15,16,19). The van der Waals surface area contributed by atoms with Gasteiger partial charge in [0.2, 0.25) is 0 Å². The molecule has 0 spiro atoms. The quantitative estimate of drug-likeness (QED) is 0.682. The zero-order valence-corrected chi connectivity index (χ0v) is 10.7. The van der Waals surface area contributed by atoms with Crippen molar-refractivity contribution in [1.29, 1.82) is 0 Å². The SMILES string of the molecule is C=CCC(C)NC(=O)Nc1ccc(CC(=O)O)nc1. The Bertz CT molecular complexity index is 457. The summed E-state index contributed by atoms with van der Waals surface area (Å²) in [5.41, 5.74) is 0.955. The van der Waals surface area contributed by atoms with Crippen molar-refractivity contribution in [3.8, 4) is 0 Å². The van der Waals surface area contributed by atoms with Crippen LogP contribution in [0.2, 0.25) is 0 Å². The maximum atomic E-state index is 11.6. The summed E-state index contributed by atoms with van der Waals surface area (Å²) in [5.74, 6) is -0.941. The number of amides is 2. The van der Waals surface area contributed by atoms with Crippen molar-refractivity contribution in [2.45, 2.75) is 25.8 Å². The summed E-state index contributed by atoms with van der Waals surface area (Å²) in [4.78, 5) is 26.0. The van der Waals surface area contributed by atoms with E-state index >= 15 is 0 Å². The molecule has 1 unspecified atom stereocenters. The highest BCUT2D eigenvalue weighted by Gasteiger charge is 2.07. The molecule has 0 aromatic carbocycles. The number of pyridine rings is 1. The van der Waals surface area contributed by atoms with E-state index in [2.05, 4.69) is 22.2 Å². The third-order valence-electron chi connectivity index (χ3n) is 2.31. The fourth-order valence-corrected chi connectivity index (χ4v) is 1.46. The van der Waals surface area contributed by atoms with E-state index in [4.69, 9.17) is 5.11 Å².